The molecule has 5 atom stereocenters. The number of hydrogen-bond acceptors (Lipinski definition) is 5. The van der Waals surface area contributed by atoms with Crippen molar-refractivity contribution >= 4 is 11.6 Å². The molecule has 162 valence electrons. The van der Waals surface area contributed by atoms with Gasteiger partial charge >= 0.3 is 0 Å². The van der Waals surface area contributed by atoms with E-state index in [4.69, 9.17) is 9.47 Å². The first-order valence-electron chi connectivity index (χ1n) is 10.6. The lowest BCUT2D eigenvalue weighted by molar-refractivity contribution is 0.0356. The summed E-state index contributed by atoms with van der Waals surface area (Å²) in [6, 6.07) is 3.33. The van der Waals surface area contributed by atoms with E-state index in [2.05, 4.69) is 20.8 Å². The number of methoxy groups -OCH3 is 1. The molecule has 1 saturated heterocycles. The summed E-state index contributed by atoms with van der Waals surface area (Å²) >= 11 is 0. The first kappa shape index (κ1) is 21.8. The third kappa shape index (κ3) is 4.04. The minimum atomic E-state index is -0.781. The number of amides is 1. The average Bonchev–Trinajstić information content (AvgIpc) is 2.79. The second-order valence-corrected chi connectivity index (χ2v) is 9.83. The quantitative estimate of drug-likeness (QED) is 0.813. The van der Waals surface area contributed by atoms with Crippen molar-refractivity contribution in [1.29, 1.82) is 0 Å². The fraction of sp³-hybridized carbons (Fsp3) is 0.696. The van der Waals surface area contributed by atoms with Crippen LogP contribution in [0.15, 0.2) is 12.1 Å². The number of benzene rings is 1. The number of hydrogen-bond donors (Lipinski definition) is 1. The summed E-state index contributed by atoms with van der Waals surface area (Å²) < 4.78 is 11.6. The van der Waals surface area contributed by atoms with Crippen LogP contribution in [0.4, 0.5) is 5.69 Å². The smallest absolute Gasteiger partial charge is 0.256 e. The van der Waals surface area contributed by atoms with Gasteiger partial charge in [-0.15, -0.1) is 0 Å². The second kappa shape index (κ2) is 7.71. The summed E-state index contributed by atoms with van der Waals surface area (Å²) in [5.41, 5.74) is 0.801. The van der Waals surface area contributed by atoms with E-state index >= 15 is 0 Å². The Hall–Kier alpha value is -1.95. The van der Waals surface area contributed by atoms with Gasteiger partial charge in [-0.1, -0.05) is 20.8 Å². The number of carbonyl (C=O) groups excluding carboxylic acids is 1. The monoisotopic (exact) mass is 404 g/mol. The van der Waals surface area contributed by atoms with Crippen molar-refractivity contribution in [3.63, 3.8) is 0 Å². The molecule has 0 aromatic heterocycles. The summed E-state index contributed by atoms with van der Waals surface area (Å²) in [6.45, 7) is 13.2. The molecule has 2 aliphatic rings. The van der Waals surface area contributed by atoms with Gasteiger partial charge < -0.3 is 24.4 Å². The number of nitrogens with zero attached hydrogens (tertiary/aromatic N) is 2. The molecule has 0 saturated carbocycles. The molecule has 1 fully saturated rings. The molecule has 2 unspecified atom stereocenters. The molecule has 6 nitrogen and oxygen atoms in total. The molecule has 0 bridgehead atoms. The molecule has 29 heavy (non-hydrogen) atoms. The number of ether oxygens (including phenoxy) is 2. The molecule has 0 radical (unpaired) electrons. The topological polar surface area (TPSA) is 62.2 Å². The number of rotatable bonds is 2. The molecule has 2 heterocycles. The predicted octanol–water partition coefficient (Wildman–Crippen LogP) is 3.76. The van der Waals surface area contributed by atoms with Crippen molar-refractivity contribution in [3.05, 3.63) is 17.7 Å². The van der Waals surface area contributed by atoms with E-state index in [1.807, 2.05) is 38.8 Å². The zero-order chi connectivity index (χ0) is 21.7. The molecule has 1 amide bonds. The van der Waals surface area contributed by atoms with Gasteiger partial charge in [0.2, 0.25) is 0 Å². The Balaban J connectivity index is 2.12. The van der Waals surface area contributed by atoms with Gasteiger partial charge in [0.15, 0.2) is 11.5 Å². The van der Waals surface area contributed by atoms with Gasteiger partial charge in [0, 0.05) is 19.7 Å². The van der Waals surface area contributed by atoms with Gasteiger partial charge in [0.25, 0.3) is 5.91 Å². The summed E-state index contributed by atoms with van der Waals surface area (Å²) in [5, 5.41) is 11.2. The number of anilines is 1. The van der Waals surface area contributed by atoms with Gasteiger partial charge in [0.05, 0.1) is 24.4 Å². The lowest BCUT2D eigenvalue weighted by atomic mass is 9.83. The van der Waals surface area contributed by atoms with Crippen molar-refractivity contribution in [2.75, 3.05) is 25.6 Å². The maximum atomic E-state index is 13.6. The summed E-state index contributed by atoms with van der Waals surface area (Å²) in [4.78, 5) is 17.3. The average molecular weight is 405 g/mol. The third-order valence-electron chi connectivity index (χ3n) is 6.60. The Morgan fingerprint density at radius 3 is 2.34 bits per heavy atom. The van der Waals surface area contributed by atoms with Gasteiger partial charge in [-0.3, -0.25) is 4.79 Å². The molecular weight excluding hydrogens is 368 g/mol. The molecule has 2 aliphatic heterocycles. The molecule has 1 N–H and O–H groups in total. The SMILES string of the molecule is COc1cc2c(cc1OC(C)(C)C)N(C)C(O)[C@@H]1C[C@H](C)C(C)[C@H](C)CN1C2=O. The van der Waals surface area contributed by atoms with Gasteiger partial charge in [-0.05, 0) is 51.0 Å². The molecule has 0 spiro atoms. The van der Waals surface area contributed by atoms with Crippen LogP contribution >= 0.6 is 0 Å². The summed E-state index contributed by atoms with van der Waals surface area (Å²) in [6.07, 6.45) is -0.00444. The lowest BCUT2D eigenvalue weighted by Gasteiger charge is -2.35. The van der Waals surface area contributed by atoms with Gasteiger partial charge in [0.1, 0.15) is 11.8 Å². The van der Waals surface area contributed by atoms with Crippen molar-refractivity contribution in [2.24, 2.45) is 17.8 Å². The number of aliphatic hydroxyl groups is 1. The Bertz CT molecular complexity index is 773. The molecule has 0 aliphatic carbocycles. The van der Waals surface area contributed by atoms with E-state index in [9.17, 15) is 9.90 Å². The van der Waals surface area contributed by atoms with Crippen LogP contribution in [0.1, 0.15) is 58.3 Å². The van der Waals surface area contributed by atoms with E-state index in [0.29, 0.717) is 47.0 Å². The Labute approximate surface area is 174 Å². The highest BCUT2D eigenvalue weighted by Gasteiger charge is 2.43. The van der Waals surface area contributed by atoms with Crippen LogP contribution in [-0.4, -0.2) is 54.5 Å². The predicted molar refractivity (Wildman–Crippen MR) is 115 cm³/mol. The molecule has 1 aromatic rings. The number of fused-ring (bicyclic) bond motifs is 2. The Kier molecular flexibility index (Phi) is 5.78. The largest absolute Gasteiger partial charge is 0.493 e. The van der Waals surface area contributed by atoms with E-state index in [-0.39, 0.29) is 11.9 Å². The zero-order valence-electron chi connectivity index (χ0n) is 19.0. The van der Waals surface area contributed by atoms with Crippen molar-refractivity contribution < 1.29 is 19.4 Å². The van der Waals surface area contributed by atoms with E-state index in [1.54, 1.807) is 18.1 Å². The van der Waals surface area contributed by atoms with E-state index < -0.39 is 11.8 Å². The van der Waals surface area contributed by atoms with Crippen LogP contribution in [-0.2, 0) is 0 Å². The minimum Gasteiger partial charge on any atom is -0.493 e. The first-order valence-corrected chi connectivity index (χ1v) is 10.6. The number of aliphatic hydroxyl groups excluding tert-OH is 1. The highest BCUT2D eigenvalue weighted by atomic mass is 16.5. The van der Waals surface area contributed by atoms with Crippen molar-refractivity contribution in [3.8, 4) is 11.5 Å². The van der Waals surface area contributed by atoms with Crippen LogP contribution in [0.2, 0.25) is 0 Å². The maximum absolute atomic E-state index is 13.6. The molecular formula is C23H36N2O4. The second-order valence-electron chi connectivity index (χ2n) is 9.83. The minimum absolute atomic E-state index is 0.0536. The van der Waals surface area contributed by atoms with Crippen LogP contribution < -0.4 is 14.4 Å². The number of carbonyl (C=O) groups is 1. The first-order chi connectivity index (χ1) is 13.4. The fourth-order valence-corrected chi connectivity index (χ4v) is 4.55. The zero-order valence-corrected chi connectivity index (χ0v) is 19.0. The summed E-state index contributed by atoms with van der Waals surface area (Å²) in [5.74, 6) is 2.32. The normalized spacial score (nSPS) is 30.2. The van der Waals surface area contributed by atoms with Crippen LogP contribution in [0.5, 0.6) is 11.5 Å². The summed E-state index contributed by atoms with van der Waals surface area (Å²) in [7, 11) is 3.42. The Morgan fingerprint density at radius 2 is 1.76 bits per heavy atom. The van der Waals surface area contributed by atoms with Crippen molar-refractivity contribution in [1.82, 2.24) is 4.90 Å². The van der Waals surface area contributed by atoms with Crippen LogP contribution in [0, 0.1) is 17.8 Å². The van der Waals surface area contributed by atoms with E-state index in [1.165, 1.54) is 0 Å². The van der Waals surface area contributed by atoms with Crippen LogP contribution in [0.3, 0.4) is 0 Å². The third-order valence-corrected chi connectivity index (χ3v) is 6.60. The maximum Gasteiger partial charge on any atom is 0.256 e. The number of likely N-dealkylation sites (N-methyl/N-ethyl adjacent to an activating group) is 1. The molecule has 1 aromatic carbocycles. The molecule has 6 heteroatoms. The highest BCUT2D eigenvalue weighted by Crippen LogP contribution is 2.42. The Morgan fingerprint density at radius 1 is 1.10 bits per heavy atom. The van der Waals surface area contributed by atoms with Gasteiger partial charge in [-0.2, -0.15) is 0 Å². The van der Waals surface area contributed by atoms with Gasteiger partial charge in [-0.25, -0.2) is 0 Å². The van der Waals surface area contributed by atoms with E-state index in [0.717, 1.165) is 6.42 Å². The molecule has 3 rings (SSSR count). The van der Waals surface area contributed by atoms with Crippen molar-refractivity contribution in [2.45, 2.75) is 65.8 Å². The fourth-order valence-electron chi connectivity index (χ4n) is 4.55. The highest BCUT2D eigenvalue weighted by molar-refractivity contribution is 6.01. The van der Waals surface area contributed by atoms with Crippen LogP contribution in [0.25, 0.3) is 0 Å². The lowest BCUT2D eigenvalue weighted by Crippen LogP contribution is -2.51. The standard InChI is InChI=1S/C23H36N2O4/c1-13-9-18-22(27)24(7)17-11-20(29-23(4,5)6)19(28-8)10-16(17)21(26)25(18)12-14(2)15(13)3/h10-11,13-15,18,22,27H,9,12H2,1-8H3/t13-,14+,15?,18-,22?/m0/s1.